The maximum atomic E-state index is 12.0. The van der Waals surface area contributed by atoms with Gasteiger partial charge in [-0.25, -0.2) is 0 Å². The van der Waals surface area contributed by atoms with Crippen molar-refractivity contribution in [2.45, 2.75) is 31.7 Å². The van der Waals surface area contributed by atoms with Gasteiger partial charge in [-0.05, 0) is 43.4 Å². The molecule has 1 aromatic rings. The summed E-state index contributed by atoms with van der Waals surface area (Å²) in [5, 5.41) is 16.8. The van der Waals surface area contributed by atoms with E-state index in [4.69, 9.17) is 0 Å². The van der Waals surface area contributed by atoms with Gasteiger partial charge in [-0.15, -0.1) is 10.2 Å². The number of carbonyl (C=O) groups excluding carboxylic acids is 1. The number of aromatic nitrogens is 4. The minimum absolute atomic E-state index is 0.110. The van der Waals surface area contributed by atoms with E-state index in [1.807, 2.05) is 4.90 Å². The van der Waals surface area contributed by atoms with Gasteiger partial charge in [-0.3, -0.25) is 4.79 Å². The van der Waals surface area contributed by atoms with Crippen LogP contribution in [-0.4, -0.2) is 57.1 Å². The summed E-state index contributed by atoms with van der Waals surface area (Å²) in [6.45, 7) is 2.75. The molecule has 2 fully saturated rings. The highest BCUT2D eigenvalue weighted by molar-refractivity contribution is 5.90. The number of H-pyrrole nitrogens is 1. The summed E-state index contributed by atoms with van der Waals surface area (Å²) in [4.78, 5) is 13.8. The van der Waals surface area contributed by atoms with Gasteiger partial charge in [0.25, 0.3) is 11.7 Å². The first kappa shape index (κ1) is 11.6. The Morgan fingerprint density at radius 3 is 2.72 bits per heavy atom. The minimum Gasteiger partial charge on any atom is -0.336 e. The zero-order valence-electron chi connectivity index (χ0n) is 10.3. The number of carbonyl (C=O) groups is 1. The van der Waals surface area contributed by atoms with Crippen LogP contribution in [0.4, 0.5) is 0 Å². The Bertz CT molecular complexity index is 392. The predicted octanol–water partition coefficient (Wildman–Crippen LogP) is -0.196. The fourth-order valence-corrected chi connectivity index (χ4v) is 3.01. The SMILES string of the molecule is O=C(c1nn[nH]n1)N1CCC(C2CCCN2)CC1. The van der Waals surface area contributed by atoms with E-state index in [0.29, 0.717) is 12.0 Å². The maximum Gasteiger partial charge on any atom is 0.295 e. The van der Waals surface area contributed by atoms with Crippen molar-refractivity contribution < 1.29 is 4.79 Å². The van der Waals surface area contributed by atoms with Crippen LogP contribution in [0.15, 0.2) is 0 Å². The molecule has 0 spiro atoms. The standard InChI is InChI=1S/C11H18N6O/c18-11(10-13-15-16-14-10)17-6-3-8(4-7-17)9-2-1-5-12-9/h8-9,12H,1-7H2,(H,13,14,15,16). The number of likely N-dealkylation sites (tertiary alicyclic amines) is 1. The van der Waals surface area contributed by atoms with Gasteiger partial charge in [0.05, 0.1) is 0 Å². The van der Waals surface area contributed by atoms with Gasteiger partial charge in [0, 0.05) is 19.1 Å². The average Bonchev–Trinajstić information content (AvgIpc) is 3.11. The van der Waals surface area contributed by atoms with E-state index in [1.165, 1.54) is 12.8 Å². The number of nitrogens with one attached hydrogen (secondary N) is 2. The van der Waals surface area contributed by atoms with Crippen molar-refractivity contribution in [3.8, 4) is 0 Å². The van der Waals surface area contributed by atoms with Crippen LogP contribution >= 0.6 is 0 Å². The van der Waals surface area contributed by atoms with Crippen LogP contribution < -0.4 is 5.32 Å². The summed E-state index contributed by atoms with van der Waals surface area (Å²) < 4.78 is 0. The summed E-state index contributed by atoms with van der Waals surface area (Å²) in [6.07, 6.45) is 4.71. The van der Waals surface area contributed by atoms with Crippen molar-refractivity contribution in [3.05, 3.63) is 5.82 Å². The van der Waals surface area contributed by atoms with Crippen molar-refractivity contribution in [1.29, 1.82) is 0 Å². The minimum atomic E-state index is -0.110. The van der Waals surface area contributed by atoms with Gasteiger partial charge in [-0.1, -0.05) is 0 Å². The molecule has 7 nitrogen and oxygen atoms in total. The Morgan fingerprint density at radius 2 is 2.11 bits per heavy atom. The van der Waals surface area contributed by atoms with Crippen LogP contribution in [0.25, 0.3) is 0 Å². The molecule has 18 heavy (non-hydrogen) atoms. The third-order valence-corrected chi connectivity index (χ3v) is 4.03. The van der Waals surface area contributed by atoms with Gasteiger partial charge in [0.15, 0.2) is 0 Å². The lowest BCUT2D eigenvalue weighted by Gasteiger charge is -2.34. The van der Waals surface area contributed by atoms with E-state index in [-0.39, 0.29) is 11.7 Å². The van der Waals surface area contributed by atoms with Gasteiger partial charge >= 0.3 is 0 Å². The summed E-state index contributed by atoms with van der Waals surface area (Å²) in [7, 11) is 0. The quantitative estimate of drug-likeness (QED) is 0.759. The number of aromatic amines is 1. The zero-order valence-corrected chi connectivity index (χ0v) is 10.3. The van der Waals surface area contributed by atoms with E-state index in [2.05, 4.69) is 25.9 Å². The summed E-state index contributed by atoms with van der Waals surface area (Å²) in [5.41, 5.74) is 0. The highest BCUT2D eigenvalue weighted by Crippen LogP contribution is 2.25. The van der Waals surface area contributed by atoms with Gasteiger partial charge in [-0.2, -0.15) is 5.21 Å². The molecule has 2 N–H and O–H groups in total. The number of nitrogens with zero attached hydrogens (tertiary/aromatic N) is 4. The van der Waals surface area contributed by atoms with Crippen LogP contribution in [0.1, 0.15) is 36.3 Å². The first-order valence-corrected chi connectivity index (χ1v) is 6.60. The second kappa shape index (κ2) is 5.01. The van der Waals surface area contributed by atoms with Crippen LogP contribution in [0.2, 0.25) is 0 Å². The second-order valence-corrected chi connectivity index (χ2v) is 5.07. The van der Waals surface area contributed by atoms with E-state index in [1.54, 1.807) is 0 Å². The molecule has 1 aromatic heterocycles. The van der Waals surface area contributed by atoms with Crippen LogP contribution in [0.5, 0.6) is 0 Å². The Kier molecular flexibility index (Phi) is 3.22. The van der Waals surface area contributed by atoms with Crippen molar-refractivity contribution in [3.63, 3.8) is 0 Å². The Labute approximate surface area is 105 Å². The average molecular weight is 250 g/mol. The number of piperidine rings is 1. The molecule has 2 saturated heterocycles. The molecule has 0 bridgehead atoms. The van der Waals surface area contributed by atoms with Crippen LogP contribution in [0.3, 0.4) is 0 Å². The number of amides is 1. The number of tetrazole rings is 1. The largest absolute Gasteiger partial charge is 0.336 e. The van der Waals surface area contributed by atoms with E-state index in [0.717, 1.165) is 32.5 Å². The molecule has 3 rings (SSSR count). The van der Waals surface area contributed by atoms with E-state index < -0.39 is 0 Å². The number of hydrogen-bond donors (Lipinski definition) is 2. The molecule has 0 aromatic carbocycles. The third-order valence-electron chi connectivity index (χ3n) is 4.03. The molecule has 2 aliphatic heterocycles. The predicted molar refractivity (Wildman–Crippen MR) is 63.8 cm³/mol. The Balaban J connectivity index is 1.55. The lowest BCUT2D eigenvalue weighted by atomic mass is 9.88. The van der Waals surface area contributed by atoms with Crippen molar-refractivity contribution in [1.82, 2.24) is 30.8 Å². The van der Waals surface area contributed by atoms with Gasteiger partial charge in [0.2, 0.25) is 0 Å². The fourth-order valence-electron chi connectivity index (χ4n) is 3.01. The van der Waals surface area contributed by atoms with Gasteiger partial charge < -0.3 is 10.2 Å². The highest BCUT2D eigenvalue weighted by atomic mass is 16.2. The zero-order chi connectivity index (χ0) is 12.4. The topological polar surface area (TPSA) is 86.8 Å². The molecular formula is C11H18N6O. The highest BCUT2D eigenvalue weighted by Gasteiger charge is 2.31. The van der Waals surface area contributed by atoms with Crippen molar-refractivity contribution >= 4 is 5.91 Å². The normalized spacial score (nSPS) is 25.6. The molecule has 1 unspecified atom stereocenters. The molecule has 1 atom stereocenters. The lowest BCUT2D eigenvalue weighted by Crippen LogP contribution is -2.43. The maximum absolute atomic E-state index is 12.0. The Hall–Kier alpha value is -1.50. The fraction of sp³-hybridized carbons (Fsp3) is 0.818. The van der Waals surface area contributed by atoms with E-state index >= 15 is 0 Å². The van der Waals surface area contributed by atoms with Crippen molar-refractivity contribution in [2.75, 3.05) is 19.6 Å². The molecule has 3 heterocycles. The molecule has 0 aliphatic carbocycles. The summed E-state index contributed by atoms with van der Waals surface area (Å²) >= 11 is 0. The molecule has 98 valence electrons. The molecule has 2 aliphatic rings. The van der Waals surface area contributed by atoms with E-state index in [9.17, 15) is 4.79 Å². The monoisotopic (exact) mass is 250 g/mol. The molecule has 0 saturated carbocycles. The first-order chi connectivity index (χ1) is 8.84. The smallest absolute Gasteiger partial charge is 0.295 e. The number of rotatable bonds is 2. The Morgan fingerprint density at radius 1 is 1.28 bits per heavy atom. The van der Waals surface area contributed by atoms with Crippen molar-refractivity contribution in [2.24, 2.45) is 5.92 Å². The molecular weight excluding hydrogens is 232 g/mol. The summed E-state index contributed by atoms with van der Waals surface area (Å²) in [6, 6.07) is 0.660. The van der Waals surface area contributed by atoms with Crippen LogP contribution in [0, 0.1) is 5.92 Å². The number of hydrogen-bond acceptors (Lipinski definition) is 5. The first-order valence-electron chi connectivity index (χ1n) is 6.60. The second-order valence-electron chi connectivity index (χ2n) is 5.07. The summed E-state index contributed by atoms with van der Waals surface area (Å²) in [5.74, 6) is 0.774. The molecule has 7 heteroatoms. The van der Waals surface area contributed by atoms with Crippen LogP contribution in [-0.2, 0) is 0 Å². The van der Waals surface area contributed by atoms with Gasteiger partial charge in [0.1, 0.15) is 0 Å². The molecule has 1 amide bonds. The third kappa shape index (κ3) is 2.22. The lowest BCUT2D eigenvalue weighted by molar-refractivity contribution is 0.0662. The molecule has 0 radical (unpaired) electrons.